The van der Waals surface area contributed by atoms with Crippen molar-refractivity contribution >= 4 is 18.3 Å². The normalized spacial score (nSPS) is 29.2. The van der Waals surface area contributed by atoms with Crippen LogP contribution in [0.5, 0.6) is 0 Å². The maximum absolute atomic E-state index is 12.1. The predicted octanol–water partition coefficient (Wildman–Crippen LogP) is 0.798. The standard InChI is InChI=1S/C11H20N2O2.ClH/c1-12-8-9-4-2-6-13(9)11(14)10-5-3-7-15-10;/h9-10,12H,2-8H2,1H3;1H. The van der Waals surface area contributed by atoms with Crippen molar-refractivity contribution in [2.24, 2.45) is 0 Å². The average Bonchev–Trinajstić information content (AvgIpc) is 2.87. The lowest BCUT2D eigenvalue weighted by Crippen LogP contribution is -2.45. The smallest absolute Gasteiger partial charge is 0.251 e. The quantitative estimate of drug-likeness (QED) is 0.803. The van der Waals surface area contributed by atoms with Crippen molar-refractivity contribution in [2.75, 3.05) is 26.7 Å². The van der Waals surface area contributed by atoms with E-state index in [9.17, 15) is 4.79 Å². The van der Waals surface area contributed by atoms with Crippen LogP contribution < -0.4 is 5.32 Å². The summed E-state index contributed by atoms with van der Waals surface area (Å²) in [5, 5.41) is 3.15. The molecule has 2 saturated heterocycles. The molecule has 94 valence electrons. The molecule has 0 aromatic carbocycles. The molecule has 16 heavy (non-hydrogen) atoms. The van der Waals surface area contributed by atoms with Crippen LogP contribution in [0.3, 0.4) is 0 Å². The zero-order chi connectivity index (χ0) is 10.7. The molecule has 0 aromatic rings. The van der Waals surface area contributed by atoms with Crippen LogP contribution in [0.1, 0.15) is 25.7 Å². The first-order valence-electron chi connectivity index (χ1n) is 5.89. The van der Waals surface area contributed by atoms with Crippen molar-refractivity contribution in [1.29, 1.82) is 0 Å². The average molecular weight is 249 g/mol. The Balaban J connectivity index is 0.00000128. The van der Waals surface area contributed by atoms with Crippen LogP contribution in [0.4, 0.5) is 0 Å². The maximum Gasteiger partial charge on any atom is 0.251 e. The van der Waals surface area contributed by atoms with E-state index in [0.717, 1.165) is 45.4 Å². The third-order valence-electron chi connectivity index (χ3n) is 3.31. The van der Waals surface area contributed by atoms with Gasteiger partial charge in [-0.2, -0.15) is 0 Å². The molecule has 0 aliphatic carbocycles. The number of halogens is 1. The Hall–Kier alpha value is -0.320. The largest absolute Gasteiger partial charge is 0.368 e. The van der Waals surface area contributed by atoms with Gasteiger partial charge in [-0.25, -0.2) is 0 Å². The monoisotopic (exact) mass is 248 g/mol. The summed E-state index contributed by atoms with van der Waals surface area (Å²) >= 11 is 0. The van der Waals surface area contributed by atoms with Crippen LogP contribution >= 0.6 is 12.4 Å². The molecule has 1 N–H and O–H groups in total. The van der Waals surface area contributed by atoms with Gasteiger partial charge in [-0.3, -0.25) is 4.79 Å². The van der Waals surface area contributed by atoms with Crippen LogP contribution in [-0.4, -0.2) is 49.7 Å². The van der Waals surface area contributed by atoms with Crippen molar-refractivity contribution < 1.29 is 9.53 Å². The fourth-order valence-electron chi connectivity index (χ4n) is 2.53. The van der Waals surface area contributed by atoms with Gasteiger partial charge in [0.2, 0.25) is 0 Å². The Morgan fingerprint density at radius 3 is 2.88 bits per heavy atom. The summed E-state index contributed by atoms with van der Waals surface area (Å²) in [5.74, 6) is 0.213. The second-order valence-electron chi connectivity index (χ2n) is 4.39. The van der Waals surface area contributed by atoms with Gasteiger partial charge < -0.3 is 15.0 Å². The summed E-state index contributed by atoms with van der Waals surface area (Å²) in [6.45, 7) is 2.56. The summed E-state index contributed by atoms with van der Waals surface area (Å²) in [6, 6.07) is 0.381. The van der Waals surface area contributed by atoms with E-state index in [0.29, 0.717) is 6.04 Å². The summed E-state index contributed by atoms with van der Waals surface area (Å²) in [4.78, 5) is 14.1. The number of carbonyl (C=O) groups excluding carboxylic acids is 1. The van der Waals surface area contributed by atoms with E-state index in [1.807, 2.05) is 11.9 Å². The predicted molar refractivity (Wildman–Crippen MR) is 64.9 cm³/mol. The molecule has 0 aromatic heterocycles. The molecule has 4 nitrogen and oxygen atoms in total. The van der Waals surface area contributed by atoms with Crippen LogP contribution in [-0.2, 0) is 9.53 Å². The highest BCUT2D eigenvalue weighted by atomic mass is 35.5. The fraction of sp³-hybridized carbons (Fsp3) is 0.909. The van der Waals surface area contributed by atoms with Crippen LogP contribution in [0, 0.1) is 0 Å². The second kappa shape index (κ2) is 6.42. The first-order valence-corrected chi connectivity index (χ1v) is 5.89. The number of carbonyl (C=O) groups is 1. The molecular formula is C11H21ClN2O2. The highest BCUT2D eigenvalue weighted by Crippen LogP contribution is 2.22. The number of nitrogens with one attached hydrogen (secondary N) is 1. The van der Waals surface area contributed by atoms with Gasteiger partial charge >= 0.3 is 0 Å². The fourth-order valence-corrected chi connectivity index (χ4v) is 2.53. The van der Waals surface area contributed by atoms with E-state index in [2.05, 4.69) is 5.32 Å². The van der Waals surface area contributed by atoms with Crippen molar-refractivity contribution in [3.63, 3.8) is 0 Å². The van der Waals surface area contributed by atoms with Crippen LogP contribution in [0.25, 0.3) is 0 Å². The molecule has 2 heterocycles. The van der Waals surface area contributed by atoms with Crippen LogP contribution in [0.15, 0.2) is 0 Å². The Bertz CT molecular complexity index is 232. The lowest BCUT2D eigenvalue weighted by Gasteiger charge is -2.26. The minimum Gasteiger partial charge on any atom is -0.368 e. The molecule has 0 saturated carbocycles. The highest BCUT2D eigenvalue weighted by molar-refractivity contribution is 5.85. The zero-order valence-electron chi connectivity index (χ0n) is 9.78. The molecule has 0 radical (unpaired) electrons. The molecule has 5 heteroatoms. The molecule has 2 aliphatic rings. The Morgan fingerprint density at radius 1 is 1.44 bits per heavy atom. The van der Waals surface area contributed by atoms with Gasteiger partial charge in [0, 0.05) is 25.7 Å². The molecule has 2 aliphatic heterocycles. The minimum atomic E-state index is -0.151. The molecule has 2 unspecified atom stereocenters. The number of hydrogen-bond acceptors (Lipinski definition) is 3. The molecule has 0 spiro atoms. The second-order valence-corrected chi connectivity index (χ2v) is 4.39. The Morgan fingerprint density at radius 2 is 2.25 bits per heavy atom. The maximum atomic E-state index is 12.1. The summed E-state index contributed by atoms with van der Waals surface area (Å²) < 4.78 is 5.44. The van der Waals surface area contributed by atoms with E-state index in [-0.39, 0.29) is 24.4 Å². The van der Waals surface area contributed by atoms with Crippen LogP contribution in [0.2, 0.25) is 0 Å². The molecular weight excluding hydrogens is 228 g/mol. The number of amides is 1. The summed E-state index contributed by atoms with van der Waals surface area (Å²) in [6.07, 6.45) is 4.04. The first-order chi connectivity index (χ1) is 7.33. The first kappa shape index (κ1) is 13.7. The van der Waals surface area contributed by atoms with Crippen molar-refractivity contribution in [3.8, 4) is 0 Å². The highest BCUT2D eigenvalue weighted by Gasteiger charge is 2.34. The van der Waals surface area contributed by atoms with E-state index in [1.165, 1.54) is 0 Å². The van der Waals surface area contributed by atoms with Gasteiger partial charge in [0.05, 0.1) is 0 Å². The van der Waals surface area contributed by atoms with E-state index in [1.54, 1.807) is 0 Å². The molecule has 2 atom stereocenters. The minimum absolute atomic E-state index is 0. The number of likely N-dealkylation sites (N-methyl/N-ethyl adjacent to an activating group) is 1. The number of likely N-dealkylation sites (tertiary alicyclic amines) is 1. The van der Waals surface area contributed by atoms with Gasteiger partial charge in [-0.1, -0.05) is 0 Å². The van der Waals surface area contributed by atoms with Crippen molar-refractivity contribution in [3.05, 3.63) is 0 Å². The molecule has 2 rings (SSSR count). The SMILES string of the molecule is CNCC1CCCN1C(=O)C1CCCO1.Cl. The molecule has 1 amide bonds. The number of rotatable bonds is 3. The lowest BCUT2D eigenvalue weighted by molar-refractivity contribution is -0.141. The van der Waals surface area contributed by atoms with E-state index in [4.69, 9.17) is 4.74 Å². The molecule has 2 fully saturated rings. The zero-order valence-corrected chi connectivity index (χ0v) is 10.6. The summed E-state index contributed by atoms with van der Waals surface area (Å²) in [7, 11) is 1.94. The third kappa shape index (κ3) is 2.87. The summed E-state index contributed by atoms with van der Waals surface area (Å²) in [5.41, 5.74) is 0. The topological polar surface area (TPSA) is 41.6 Å². The number of ether oxygens (including phenoxy) is 1. The van der Waals surface area contributed by atoms with Gasteiger partial charge in [0.25, 0.3) is 5.91 Å². The molecule has 0 bridgehead atoms. The van der Waals surface area contributed by atoms with Gasteiger partial charge in [-0.15, -0.1) is 12.4 Å². The van der Waals surface area contributed by atoms with Crippen molar-refractivity contribution in [2.45, 2.75) is 37.8 Å². The Labute approximate surface area is 103 Å². The van der Waals surface area contributed by atoms with Gasteiger partial charge in [0.15, 0.2) is 0 Å². The number of nitrogens with zero attached hydrogens (tertiary/aromatic N) is 1. The van der Waals surface area contributed by atoms with E-state index < -0.39 is 0 Å². The Kier molecular flexibility index (Phi) is 5.52. The number of hydrogen-bond donors (Lipinski definition) is 1. The van der Waals surface area contributed by atoms with Gasteiger partial charge in [-0.05, 0) is 32.7 Å². The van der Waals surface area contributed by atoms with E-state index >= 15 is 0 Å². The van der Waals surface area contributed by atoms with Crippen molar-refractivity contribution in [1.82, 2.24) is 10.2 Å². The lowest BCUT2D eigenvalue weighted by atomic mass is 10.2. The van der Waals surface area contributed by atoms with Gasteiger partial charge in [0.1, 0.15) is 6.10 Å². The third-order valence-corrected chi connectivity index (χ3v) is 3.31.